The molecule has 0 bridgehead atoms. The highest BCUT2D eigenvalue weighted by Gasteiger charge is 2.27. The predicted octanol–water partition coefficient (Wildman–Crippen LogP) is 1.73. The number of nitrogens with zero attached hydrogens (tertiary/aromatic N) is 2. The van der Waals surface area contributed by atoms with E-state index in [9.17, 15) is 13.2 Å². The molecule has 6 nitrogen and oxygen atoms in total. The highest BCUT2D eigenvalue weighted by atomic mass is 35.5. The molecule has 0 amide bonds. The van der Waals surface area contributed by atoms with Crippen molar-refractivity contribution in [3.05, 3.63) is 50.9 Å². The third-order valence-corrected chi connectivity index (χ3v) is 5.79. The molecule has 2 aromatic rings. The maximum atomic E-state index is 12.5. The molecule has 1 fully saturated rings. The molecule has 0 spiro atoms. The van der Waals surface area contributed by atoms with E-state index >= 15 is 0 Å². The van der Waals surface area contributed by atoms with Crippen LogP contribution in [0.1, 0.15) is 17.7 Å². The van der Waals surface area contributed by atoms with Crippen molar-refractivity contribution in [1.29, 1.82) is 0 Å². The van der Waals surface area contributed by atoms with Crippen LogP contribution in [0.5, 0.6) is 0 Å². The number of halogens is 1. The minimum atomic E-state index is -2.98. The van der Waals surface area contributed by atoms with Crippen LogP contribution in [0.4, 0.5) is 0 Å². The Hall–Kier alpha value is -1.86. The minimum Gasteiger partial charge on any atom is -0.295 e. The van der Waals surface area contributed by atoms with Gasteiger partial charge in [0.25, 0.3) is 5.56 Å². The lowest BCUT2D eigenvalue weighted by atomic mass is 10.2. The van der Waals surface area contributed by atoms with E-state index < -0.39 is 9.84 Å². The number of H-pyrrole nitrogens is 1. The first kappa shape index (κ1) is 16.0. The van der Waals surface area contributed by atoms with E-state index in [4.69, 9.17) is 11.6 Å². The van der Waals surface area contributed by atoms with Crippen LogP contribution in [0, 0.1) is 6.92 Å². The summed E-state index contributed by atoms with van der Waals surface area (Å²) in [6, 6.07) is 6.68. The molecule has 1 aliphatic heterocycles. The molecule has 0 unspecified atom stereocenters. The molecule has 0 radical (unpaired) electrons. The zero-order valence-corrected chi connectivity index (χ0v) is 14.1. The molecular weight excluding hydrogens is 338 g/mol. The van der Waals surface area contributed by atoms with Crippen LogP contribution < -0.4 is 5.56 Å². The Morgan fingerprint density at radius 2 is 2.22 bits per heavy atom. The molecule has 8 heteroatoms. The molecule has 122 valence electrons. The summed E-state index contributed by atoms with van der Waals surface area (Å²) in [5.41, 5.74) is 1.48. The summed E-state index contributed by atoms with van der Waals surface area (Å²) >= 11 is 5.96. The van der Waals surface area contributed by atoms with Crippen LogP contribution in [0.2, 0.25) is 5.02 Å². The lowest BCUT2D eigenvalue weighted by molar-refractivity contribution is 0.601. The highest BCUT2D eigenvalue weighted by Crippen LogP contribution is 2.16. The Morgan fingerprint density at radius 3 is 2.87 bits per heavy atom. The average molecular weight is 354 g/mol. The normalized spacial score (nSPS) is 20.3. The van der Waals surface area contributed by atoms with Gasteiger partial charge in [-0.3, -0.25) is 14.9 Å². The van der Waals surface area contributed by atoms with Gasteiger partial charge in [-0.2, -0.15) is 0 Å². The third-order valence-electron chi connectivity index (χ3n) is 3.81. The summed E-state index contributed by atoms with van der Waals surface area (Å²) in [4.78, 5) is 16.8. The Kier molecular flexibility index (Phi) is 4.16. The van der Waals surface area contributed by atoms with Crippen LogP contribution in [0.3, 0.4) is 0 Å². The molecule has 1 aromatic heterocycles. The molecule has 0 aliphatic carbocycles. The van der Waals surface area contributed by atoms with E-state index in [1.807, 2.05) is 0 Å². The van der Waals surface area contributed by atoms with Gasteiger partial charge < -0.3 is 0 Å². The van der Waals surface area contributed by atoms with Crippen LogP contribution in [0.15, 0.2) is 34.1 Å². The van der Waals surface area contributed by atoms with Gasteiger partial charge in [0, 0.05) is 16.9 Å². The summed E-state index contributed by atoms with van der Waals surface area (Å²) in [5, 5.41) is 3.52. The standard InChI is InChI=1S/C15H16ClN3O3S/c1-10-14(8-17-12-5-6-23(21,22)9-12)15(20)19(18-10)13-4-2-3-11(16)7-13/h2-4,7-8,12,18H,5-6,9H2,1H3/t12-/m0/s1. The van der Waals surface area contributed by atoms with Crippen molar-refractivity contribution in [2.45, 2.75) is 19.4 Å². The summed E-state index contributed by atoms with van der Waals surface area (Å²) in [6.07, 6.45) is 1.98. The molecule has 0 saturated carbocycles. The largest absolute Gasteiger partial charge is 0.295 e. The lowest BCUT2D eigenvalue weighted by Gasteiger charge is -2.01. The van der Waals surface area contributed by atoms with E-state index in [-0.39, 0.29) is 23.1 Å². The Bertz CT molecular complexity index is 928. The van der Waals surface area contributed by atoms with Crippen molar-refractivity contribution >= 4 is 27.7 Å². The molecular formula is C15H16ClN3O3S. The number of aliphatic imine (C=N–C) groups is 1. The second kappa shape index (κ2) is 5.98. The quantitative estimate of drug-likeness (QED) is 0.853. The molecule has 23 heavy (non-hydrogen) atoms. The van der Waals surface area contributed by atoms with E-state index in [2.05, 4.69) is 10.1 Å². The fourth-order valence-corrected chi connectivity index (χ4v) is 4.40. The van der Waals surface area contributed by atoms with Crippen molar-refractivity contribution in [1.82, 2.24) is 9.78 Å². The van der Waals surface area contributed by atoms with Crippen molar-refractivity contribution in [3.63, 3.8) is 0 Å². The molecule has 1 atom stereocenters. The Balaban J connectivity index is 1.91. The monoisotopic (exact) mass is 353 g/mol. The Labute approximate surface area is 138 Å². The maximum absolute atomic E-state index is 12.5. The summed E-state index contributed by atoms with van der Waals surface area (Å²) in [6.45, 7) is 1.77. The van der Waals surface area contributed by atoms with E-state index in [1.54, 1.807) is 31.2 Å². The molecule has 1 aliphatic rings. The SMILES string of the molecule is Cc1[nH]n(-c2cccc(Cl)c2)c(=O)c1C=N[C@H]1CCS(=O)(=O)C1. The van der Waals surface area contributed by atoms with Gasteiger partial charge in [0.1, 0.15) is 0 Å². The van der Waals surface area contributed by atoms with Gasteiger partial charge in [0.05, 0.1) is 28.8 Å². The maximum Gasteiger partial charge on any atom is 0.280 e. The molecule has 1 saturated heterocycles. The second-order valence-electron chi connectivity index (χ2n) is 5.61. The first-order valence-electron chi connectivity index (χ1n) is 7.17. The summed E-state index contributed by atoms with van der Waals surface area (Å²) in [7, 11) is -2.98. The van der Waals surface area contributed by atoms with E-state index in [0.717, 1.165) is 0 Å². The number of hydrogen-bond acceptors (Lipinski definition) is 4. The minimum absolute atomic E-state index is 0.0510. The zero-order valence-electron chi connectivity index (χ0n) is 12.5. The summed E-state index contributed by atoms with van der Waals surface area (Å²) < 4.78 is 24.3. The van der Waals surface area contributed by atoms with Gasteiger partial charge in [0.2, 0.25) is 0 Å². The van der Waals surface area contributed by atoms with Crippen molar-refractivity contribution in [2.24, 2.45) is 4.99 Å². The molecule has 1 aromatic carbocycles. The van der Waals surface area contributed by atoms with Gasteiger partial charge >= 0.3 is 0 Å². The van der Waals surface area contributed by atoms with E-state index in [0.29, 0.717) is 28.4 Å². The first-order valence-corrected chi connectivity index (χ1v) is 9.37. The number of aromatic amines is 1. The second-order valence-corrected chi connectivity index (χ2v) is 8.27. The van der Waals surface area contributed by atoms with Gasteiger partial charge in [-0.05, 0) is 31.5 Å². The van der Waals surface area contributed by atoms with Crippen LogP contribution in [-0.4, -0.2) is 42.0 Å². The molecule has 2 heterocycles. The molecule has 1 N–H and O–H groups in total. The number of benzene rings is 1. The smallest absolute Gasteiger partial charge is 0.280 e. The third kappa shape index (κ3) is 3.40. The number of hydrogen-bond donors (Lipinski definition) is 1. The summed E-state index contributed by atoms with van der Waals surface area (Å²) in [5.74, 6) is 0.212. The van der Waals surface area contributed by atoms with Crippen molar-refractivity contribution < 1.29 is 8.42 Å². The van der Waals surface area contributed by atoms with Gasteiger partial charge in [-0.15, -0.1) is 0 Å². The number of sulfone groups is 1. The van der Waals surface area contributed by atoms with Gasteiger partial charge in [0.15, 0.2) is 9.84 Å². The van der Waals surface area contributed by atoms with Crippen molar-refractivity contribution in [2.75, 3.05) is 11.5 Å². The van der Waals surface area contributed by atoms with Gasteiger partial charge in [-0.1, -0.05) is 17.7 Å². The van der Waals surface area contributed by atoms with Crippen molar-refractivity contribution in [3.8, 4) is 5.69 Å². The fourth-order valence-electron chi connectivity index (χ4n) is 2.58. The molecule has 3 rings (SSSR count). The van der Waals surface area contributed by atoms with E-state index in [1.165, 1.54) is 10.9 Å². The number of nitrogens with one attached hydrogen (secondary N) is 1. The number of rotatable bonds is 3. The average Bonchev–Trinajstić information content (AvgIpc) is 2.97. The lowest BCUT2D eigenvalue weighted by Crippen LogP contribution is -2.17. The van der Waals surface area contributed by atoms with Crippen LogP contribution >= 0.6 is 11.6 Å². The first-order chi connectivity index (χ1) is 10.9. The Morgan fingerprint density at radius 1 is 1.43 bits per heavy atom. The highest BCUT2D eigenvalue weighted by molar-refractivity contribution is 7.91. The zero-order chi connectivity index (χ0) is 16.6. The fraction of sp³-hybridized carbons (Fsp3) is 0.333. The topological polar surface area (TPSA) is 84.3 Å². The number of aryl methyl sites for hydroxylation is 1. The van der Waals surface area contributed by atoms with Crippen LogP contribution in [-0.2, 0) is 9.84 Å². The van der Waals surface area contributed by atoms with Crippen LogP contribution in [0.25, 0.3) is 5.69 Å². The predicted molar refractivity (Wildman–Crippen MR) is 90.8 cm³/mol. The number of aromatic nitrogens is 2. The van der Waals surface area contributed by atoms with Gasteiger partial charge in [-0.25, -0.2) is 13.1 Å².